The molecule has 0 aliphatic heterocycles. The number of benzene rings is 1. The highest BCUT2D eigenvalue weighted by Gasteiger charge is 2.11. The molecule has 1 aromatic heterocycles. The van der Waals surface area contributed by atoms with Crippen LogP contribution in [0.3, 0.4) is 0 Å². The number of aromatic nitrogens is 3. The summed E-state index contributed by atoms with van der Waals surface area (Å²) >= 11 is 1.57. The first-order valence-electron chi connectivity index (χ1n) is 7.45. The molecule has 2 rings (SSSR count). The van der Waals surface area contributed by atoms with Crippen molar-refractivity contribution in [1.29, 1.82) is 0 Å². The molecule has 0 saturated heterocycles. The Kier molecular flexibility index (Phi) is 5.71. The van der Waals surface area contributed by atoms with E-state index in [2.05, 4.69) is 61.1 Å². The van der Waals surface area contributed by atoms with E-state index in [4.69, 9.17) is 4.74 Å². The van der Waals surface area contributed by atoms with E-state index in [9.17, 15) is 4.79 Å². The molecule has 0 bridgehead atoms. The van der Waals surface area contributed by atoms with E-state index in [-0.39, 0.29) is 5.69 Å². The van der Waals surface area contributed by atoms with Gasteiger partial charge in [-0.1, -0.05) is 39.8 Å². The first-order chi connectivity index (χ1) is 10.5. The Morgan fingerprint density at radius 2 is 2.00 bits per heavy atom. The van der Waals surface area contributed by atoms with E-state index < -0.39 is 0 Å². The molecule has 1 aromatic carbocycles. The average Bonchev–Trinajstić information content (AvgIpc) is 2.89. The van der Waals surface area contributed by atoms with Crippen molar-refractivity contribution in [3.63, 3.8) is 0 Å². The Hall–Kier alpha value is -1.69. The fourth-order valence-corrected chi connectivity index (χ4v) is 2.75. The molecular formula is C16H23N3O2S. The summed E-state index contributed by atoms with van der Waals surface area (Å²) in [5.74, 6) is 3.63. The summed E-state index contributed by atoms with van der Waals surface area (Å²) in [4.78, 5) is 13.6. The van der Waals surface area contributed by atoms with Gasteiger partial charge in [0.15, 0.2) is 0 Å². The van der Waals surface area contributed by atoms with E-state index in [1.807, 2.05) is 0 Å². The summed E-state index contributed by atoms with van der Waals surface area (Å²) in [6, 6.07) is 6.42. The molecule has 0 unspecified atom stereocenters. The maximum Gasteiger partial charge on any atom is 0.340 e. The van der Waals surface area contributed by atoms with Gasteiger partial charge in [-0.3, -0.25) is 4.98 Å². The van der Waals surface area contributed by atoms with Crippen molar-refractivity contribution in [3.8, 4) is 5.75 Å². The summed E-state index contributed by atoms with van der Waals surface area (Å²) in [5.41, 5.74) is 2.29. The van der Waals surface area contributed by atoms with Crippen molar-refractivity contribution in [2.24, 2.45) is 0 Å². The maximum atomic E-state index is 10.9. The van der Waals surface area contributed by atoms with Gasteiger partial charge in [-0.15, -0.1) is 11.8 Å². The number of hydrogen-bond acceptors (Lipinski definition) is 4. The summed E-state index contributed by atoms with van der Waals surface area (Å²) in [5, 5.41) is 6.22. The fourth-order valence-electron chi connectivity index (χ4n) is 2.13. The first-order valence-corrected chi connectivity index (χ1v) is 8.60. The van der Waals surface area contributed by atoms with Crippen LogP contribution in [0.1, 0.15) is 56.5 Å². The van der Waals surface area contributed by atoms with Crippen LogP contribution >= 0.6 is 11.8 Å². The van der Waals surface area contributed by atoms with Crippen molar-refractivity contribution in [2.75, 3.05) is 5.94 Å². The molecule has 22 heavy (non-hydrogen) atoms. The van der Waals surface area contributed by atoms with Gasteiger partial charge in [-0.25, -0.2) is 9.89 Å². The predicted molar refractivity (Wildman–Crippen MR) is 90.6 cm³/mol. The molecule has 0 atom stereocenters. The summed E-state index contributed by atoms with van der Waals surface area (Å²) in [6.45, 7) is 8.74. The van der Waals surface area contributed by atoms with Gasteiger partial charge in [0.05, 0.1) is 5.75 Å². The number of aromatic amines is 2. The van der Waals surface area contributed by atoms with Crippen molar-refractivity contribution < 1.29 is 4.74 Å². The molecule has 0 fully saturated rings. The zero-order valence-corrected chi connectivity index (χ0v) is 14.3. The highest BCUT2D eigenvalue weighted by atomic mass is 32.2. The smallest absolute Gasteiger partial charge is 0.340 e. The minimum atomic E-state index is -0.275. The molecule has 0 saturated carbocycles. The van der Waals surface area contributed by atoms with Gasteiger partial charge >= 0.3 is 5.69 Å². The molecule has 0 radical (unpaired) electrons. The third-order valence-corrected chi connectivity index (χ3v) is 4.17. The van der Waals surface area contributed by atoms with Gasteiger partial charge in [-0.2, -0.15) is 5.10 Å². The van der Waals surface area contributed by atoms with E-state index >= 15 is 0 Å². The second-order valence-corrected chi connectivity index (χ2v) is 6.77. The van der Waals surface area contributed by atoms with Crippen LogP contribution in [0.15, 0.2) is 23.0 Å². The summed E-state index contributed by atoms with van der Waals surface area (Å²) in [6.07, 6.45) is 0. The van der Waals surface area contributed by atoms with Gasteiger partial charge < -0.3 is 4.74 Å². The minimum absolute atomic E-state index is 0.275. The SMILES string of the molecule is CC(C)c1ccc(OCSCc2n[nH]c(=O)[nH]2)c(C(C)C)c1. The zero-order chi connectivity index (χ0) is 16.1. The van der Waals surface area contributed by atoms with E-state index in [1.165, 1.54) is 11.1 Å². The van der Waals surface area contributed by atoms with Crippen LogP contribution in [0.5, 0.6) is 5.75 Å². The summed E-state index contributed by atoms with van der Waals surface area (Å²) in [7, 11) is 0. The quantitative estimate of drug-likeness (QED) is 0.603. The lowest BCUT2D eigenvalue weighted by Gasteiger charge is -2.16. The third kappa shape index (κ3) is 4.40. The Labute approximate surface area is 134 Å². The molecule has 2 aromatic rings. The van der Waals surface area contributed by atoms with Gasteiger partial charge in [0.2, 0.25) is 0 Å². The van der Waals surface area contributed by atoms with Crippen LogP contribution in [0.4, 0.5) is 0 Å². The number of H-pyrrole nitrogens is 2. The van der Waals surface area contributed by atoms with E-state index in [1.54, 1.807) is 11.8 Å². The topological polar surface area (TPSA) is 70.8 Å². The standard InChI is InChI=1S/C16H23N3O2S/c1-10(2)12-5-6-14(13(7-12)11(3)4)21-9-22-8-15-17-16(20)19-18-15/h5-7,10-11H,8-9H2,1-4H3,(H2,17,18,19,20). The predicted octanol–water partition coefficient (Wildman–Crippen LogP) is 3.61. The lowest BCUT2D eigenvalue weighted by atomic mass is 9.95. The molecule has 0 spiro atoms. The second kappa shape index (κ2) is 7.54. The molecule has 1 heterocycles. The highest BCUT2D eigenvalue weighted by Crippen LogP contribution is 2.30. The number of thioether (sulfide) groups is 1. The van der Waals surface area contributed by atoms with Crippen LogP contribution in [-0.2, 0) is 5.75 Å². The molecule has 0 aliphatic rings. The fraction of sp³-hybridized carbons (Fsp3) is 0.500. The number of nitrogens with one attached hydrogen (secondary N) is 2. The Morgan fingerprint density at radius 3 is 2.59 bits per heavy atom. The second-order valence-electron chi connectivity index (χ2n) is 5.84. The number of rotatable bonds is 7. The number of hydrogen-bond donors (Lipinski definition) is 2. The minimum Gasteiger partial charge on any atom is -0.483 e. The van der Waals surface area contributed by atoms with Crippen LogP contribution in [0.2, 0.25) is 0 Å². The zero-order valence-electron chi connectivity index (χ0n) is 13.5. The van der Waals surface area contributed by atoms with Gasteiger partial charge in [0, 0.05) is 0 Å². The average molecular weight is 321 g/mol. The number of nitrogens with zero attached hydrogens (tertiary/aromatic N) is 1. The van der Waals surface area contributed by atoms with Crippen LogP contribution in [0.25, 0.3) is 0 Å². The van der Waals surface area contributed by atoms with Crippen LogP contribution in [-0.4, -0.2) is 21.1 Å². The van der Waals surface area contributed by atoms with Crippen molar-refractivity contribution in [2.45, 2.75) is 45.3 Å². The van der Waals surface area contributed by atoms with E-state index in [0.717, 1.165) is 5.75 Å². The van der Waals surface area contributed by atoms with Gasteiger partial charge in [-0.05, 0) is 29.0 Å². The maximum absolute atomic E-state index is 10.9. The van der Waals surface area contributed by atoms with Gasteiger partial charge in [0.1, 0.15) is 17.5 Å². The molecule has 120 valence electrons. The Bertz CT molecular complexity index is 661. The first kappa shape index (κ1) is 16.7. The van der Waals surface area contributed by atoms with Crippen molar-refractivity contribution >= 4 is 11.8 Å². The molecule has 0 amide bonds. The van der Waals surface area contributed by atoms with Crippen LogP contribution < -0.4 is 10.4 Å². The van der Waals surface area contributed by atoms with E-state index in [0.29, 0.717) is 29.4 Å². The molecule has 0 aliphatic carbocycles. The molecular weight excluding hydrogens is 298 g/mol. The third-order valence-electron chi connectivity index (χ3n) is 3.41. The van der Waals surface area contributed by atoms with Crippen LogP contribution in [0, 0.1) is 0 Å². The van der Waals surface area contributed by atoms with Crippen molar-refractivity contribution in [1.82, 2.24) is 15.2 Å². The summed E-state index contributed by atoms with van der Waals surface area (Å²) < 4.78 is 5.89. The highest BCUT2D eigenvalue weighted by molar-refractivity contribution is 7.98. The van der Waals surface area contributed by atoms with Gasteiger partial charge in [0.25, 0.3) is 0 Å². The van der Waals surface area contributed by atoms with Crippen molar-refractivity contribution in [3.05, 3.63) is 45.6 Å². The lowest BCUT2D eigenvalue weighted by Crippen LogP contribution is -2.02. The Balaban J connectivity index is 1.95. The monoisotopic (exact) mass is 321 g/mol. The number of ether oxygens (including phenoxy) is 1. The largest absolute Gasteiger partial charge is 0.483 e. The molecule has 6 heteroatoms. The lowest BCUT2D eigenvalue weighted by molar-refractivity contribution is 0.386. The normalized spacial score (nSPS) is 11.4. The Morgan fingerprint density at radius 1 is 1.23 bits per heavy atom. The molecule has 2 N–H and O–H groups in total. The molecule has 5 nitrogen and oxygen atoms in total.